The average molecular weight is 399 g/mol. The van der Waals surface area contributed by atoms with Gasteiger partial charge in [-0.3, -0.25) is 4.79 Å². The van der Waals surface area contributed by atoms with Gasteiger partial charge in [-0.2, -0.15) is 4.31 Å². The maximum Gasteiger partial charge on any atom is 0.273 e. The van der Waals surface area contributed by atoms with E-state index in [1.54, 1.807) is 10.4 Å². The van der Waals surface area contributed by atoms with Crippen molar-refractivity contribution >= 4 is 15.9 Å². The van der Waals surface area contributed by atoms with Crippen LogP contribution in [0.15, 0.2) is 10.6 Å². The molecule has 0 aromatic carbocycles. The minimum atomic E-state index is -3.31. The predicted molar refractivity (Wildman–Crippen MR) is 102 cm³/mol. The quantitative estimate of drug-likeness (QED) is 0.652. The fraction of sp³-hybridized carbons (Fsp3) is 0.778. The van der Waals surface area contributed by atoms with Gasteiger partial charge in [-0.1, -0.05) is 18.5 Å². The molecule has 3 rings (SSSR count). The normalized spacial score (nSPS) is 24.1. The molecule has 1 aromatic heterocycles. The number of nitrogens with zero attached hydrogens (tertiary/aromatic N) is 2. The summed E-state index contributed by atoms with van der Waals surface area (Å²) in [6.45, 7) is 2.83. The molecule has 152 valence electrons. The van der Waals surface area contributed by atoms with Gasteiger partial charge in [0.05, 0.1) is 5.75 Å². The van der Waals surface area contributed by atoms with E-state index in [2.05, 4.69) is 10.5 Å². The fourth-order valence-corrected chi connectivity index (χ4v) is 5.52. The zero-order valence-corrected chi connectivity index (χ0v) is 16.7. The Morgan fingerprint density at radius 2 is 2.19 bits per heavy atom. The maximum atomic E-state index is 12.6. The smallest absolute Gasteiger partial charge is 0.273 e. The number of aromatic nitrogens is 1. The largest absolute Gasteiger partial charge is 0.360 e. The van der Waals surface area contributed by atoms with Crippen molar-refractivity contribution in [3.05, 3.63) is 17.5 Å². The lowest BCUT2D eigenvalue weighted by Crippen LogP contribution is -2.52. The Kier molecular flexibility index (Phi) is 6.54. The minimum Gasteiger partial charge on any atom is -0.360 e. The molecule has 1 saturated carbocycles. The van der Waals surface area contributed by atoms with Gasteiger partial charge in [0.1, 0.15) is 5.76 Å². The number of carbonyl (C=O) groups excluding carboxylic acids is 1. The van der Waals surface area contributed by atoms with Crippen molar-refractivity contribution in [1.82, 2.24) is 14.8 Å². The van der Waals surface area contributed by atoms with Crippen molar-refractivity contribution in [2.24, 2.45) is 5.73 Å². The monoisotopic (exact) mass is 398 g/mol. The van der Waals surface area contributed by atoms with Gasteiger partial charge in [0.2, 0.25) is 10.0 Å². The van der Waals surface area contributed by atoms with Gasteiger partial charge in [0.15, 0.2) is 5.69 Å². The lowest BCUT2D eigenvalue weighted by atomic mass is 9.96. The molecule has 2 atom stereocenters. The number of piperidine rings is 1. The van der Waals surface area contributed by atoms with Gasteiger partial charge < -0.3 is 15.6 Å². The Labute approximate surface area is 160 Å². The van der Waals surface area contributed by atoms with Crippen LogP contribution >= 0.6 is 0 Å². The molecule has 2 aliphatic rings. The second-order valence-corrected chi connectivity index (χ2v) is 9.64. The van der Waals surface area contributed by atoms with Gasteiger partial charge in [-0.25, -0.2) is 8.42 Å². The van der Waals surface area contributed by atoms with Crippen molar-refractivity contribution in [2.75, 3.05) is 18.8 Å². The minimum absolute atomic E-state index is 0.0592. The Bertz CT molecular complexity index is 744. The van der Waals surface area contributed by atoms with Crippen LogP contribution in [0, 0.1) is 0 Å². The third kappa shape index (κ3) is 5.08. The SMILES string of the molecule is CCC[C@H]1C[C@@H](NC(=O)c2cc(C3CC3)on2)CCN1S(=O)(=O)CCCN. The van der Waals surface area contributed by atoms with Crippen LogP contribution in [-0.4, -0.2) is 54.7 Å². The number of hydrogen-bond acceptors (Lipinski definition) is 6. The number of nitrogens with one attached hydrogen (secondary N) is 1. The van der Waals surface area contributed by atoms with E-state index in [1.165, 1.54) is 0 Å². The van der Waals surface area contributed by atoms with E-state index in [0.717, 1.165) is 31.4 Å². The second-order valence-electron chi connectivity index (χ2n) is 7.60. The summed E-state index contributed by atoms with van der Waals surface area (Å²) < 4.78 is 32.1. The second kappa shape index (κ2) is 8.70. The van der Waals surface area contributed by atoms with E-state index < -0.39 is 10.0 Å². The van der Waals surface area contributed by atoms with Crippen LogP contribution in [-0.2, 0) is 10.0 Å². The first-order valence-electron chi connectivity index (χ1n) is 9.91. The van der Waals surface area contributed by atoms with E-state index >= 15 is 0 Å². The highest BCUT2D eigenvalue weighted by Gasteiger charge is 2.36. The van der Waals surface area contributed by atoms with Crippen molar-refractivity contribution in [3.8, 4) is 0 Å². The van der Waals surface area contributed by atoms with Crippen LogP contribution in [0.1, 0.15) is 74.0 Å². The first-order chi connectivity index (χ1) is 12.9. The lowest BCUT2D eigenvalue weighted by Gasteiger charge is -2.38. The molecule has 2 fully saturated rings. The van der Waals surface area contributed by atoms with Gasteiger partial charge >= 0.3 is 0 Å². The van der Waals surface area contributed by atoms with Gasteiger partial charge in [0, 0.05) is 30.6 Å². The molecule has 0 spiro atoms. The van der Waals surface area contributed by atoms with Gasteiger partial charge in [0.25, 0.3) is 5.91 Å². The highest BCUT2D eigenvalue weighted by molar-refractivity contribution is 7.89. The molecular weight excluding hydrogens is 368 g/mol. The van der Waals surface area contributed by atoms with Crippen molar-refractivity contribution in [1.29, 1.82) is 0 Å². The summed E-state index contributed by atoms with van der Waals surface area (Å²) >= 11 is 0. The Balaban J connectivity index is 1.60. The molecule has 0 bridgehead atoms. The zero-order valence-electron chi connectivity index (χ0n) is 15.9. The number of carbonyl (C=O) groups is 1. The standard InChI is InChI=1S/C18H30N4O4S/c1-2-4-15-11-14(7-9-22(15)27(24,25)10-3-8-19)20-18(23)16-12-17(26-21-16)13-5-6-13/h12-15H,2-11,19H2,1H3,(H,20,23)/t14-,15-/m0/s1. The van der Waals surface area contributed by atoms with Crippen LogP contribution in [0.3, 0.4) is 0 Å². The summed E-state index contributed by atoms with van der Waals surface area (Å²) in [5, 5.41) is 6.89. The maximum absolute atomic E-state index is 12.6. The van der Waals surface area contributed by atoms with Crippen LogP contribution in [0.5, 0.6) is 0 Å². The van der Waals surface area contributed by atoms with Crippen LogP contribution < -0.4 is 11.1 Å². The van der Waals surface area contributed by atoms with Gasteiger partial charge in [-0.05, 0) is 45.1 Å². The highest BCUT2D eigenvalue weighted by atomic mass is 32.2. The molecule has 1 aliphatic carbocycles. The van der Waals surface area contributed by atoms with Gasteiger partial charge in [-0.15, -0.1) is 0 Å². The molecule has 1 amide bonds. The van der Waals surface area contributed by atoms with E-state index in [9.17, 15) is 13.2 Å². The number of hydrogen-bond donors (Lipinski definition) is 2. The van der Waals surface area contributed by atoms with Crippen molar-refractivity contribution < 1.29 is 17.7 Å². The van der Waals surface area contributed by atoms with Crippen molar-refractivity contribution in [3.63, 3.8) is 0 Å². The zero-order chi connectivity index (χ0) is 19.4. The number of rotatable bonds is 9. The Morgan fingerprint density at radius 3 is 2.85 bits per heavy atom. The first kappa shape index (κ1) is 20.3. The third-order valence-electron chi connectivity index (χ3n) is 5.32. The fourth-order valence-electron chi connectivity index (χ4n) is 3.72. The molecule has 8 nitrogen and oxygen atoms in total. The average Bonchev–Trinajstić information content (AvgIpc) is 3.37. The predicted octanol–water partition coefficient (Wildman–Crippen LogP) is 1.59. The molecule has 2 heterocycles. The molecule has 3 N–H and O–H groups in total. The Morgan fingerprint density at radius 1 is 1.41 bits per heavy atom. The molecule has 1 aromatic rings. The number of nitrogens with two attached hydrogens (primary N) is 1. The summed E-state index contributed by atoms with van der Waals surface area (Å²) in [5.41, 5.74) is 5.78. The van der Waals surface area contributed by atoms with E-state index in [-0.39, 0.29) is 23.7 Å². The molecule has 9 heteroatoms. The molecular formula is C18H30N4O4S. The molecule has 27 heavy (non-hydrogen) atoms. The van der Waals surface area contributed by atoms with Crippen LogP contribution in [0.4, 0.5) is 0 Å². The number of sulfonamides is 1. The molecule has 1 saturated heterocycles. The van der Waals surface area contributed by atoms with E-state index in [4.69, 9.17) is 10.3 Å². The van der Waals surface area contributed by atoms with E-state index in [1.807, 2.05) is 6.92 Å². The van der Waals surface area contributed by atoms with Crippen molar-refractivity contribution in [2.45, 2.75) is 69.9 Å². The summed E-state index contributed by atoms with van der Waals surface area (Å²) in [6.07, 6.45) is 5.54. The number of amides is 1. The summed E-state index contributed by atoms with van der Waals surface area (Å²) in [4.78, 5) is 12.5. The van der Waals surface area contributed by atoms with Crippen LogP contribution in [0.25, 0.3) is 0 Å². The lowest BCUT2D eigenvalue weighted by molar-refractivity contribution is 0.0900. The Hall–Kier alpha value is -1.45. The summed E-state index contributed by atoms with van der Waals surface area (Å²) in [5.74, 6) is 1.04. The highest BCUT2D eigenvalue weighted by Crippen LogP contribution is 2.40. The molecule has 1 aliphatic heterocycles. The van der Waals surface area contributed by atoms with E-state index in [0.29, 0.717) is 44.0 Å². The molecule has 0 unspecified atom stereocenters. The summed E-state index contributed by atoms with van der Waals surface area (Å²) in [6, 6.07) is 1.58. The third-order valence-corrected chi connectivity index (χ3v) is 7.32. The topological polar surface area (TPSA) is 119 Å². The molecule has 0 radical (unpaired) electrons. The summed E-state index contributed by atoms with van der Waals surface area (Å²) in [7, 11) is -3.31. The van der Waals surface area contributed by atoms with Crippen LogP contribution in [0.2, 0.25) is 0 Å². The first-order valence-corrected chi connectivity index (χ1v) is 11.5.